The molecule has 0 bridgehead atoms. The van der Waals surface area contributed by atoms with Crippen molar-refractivity contribution in [2.45, 2.75) is 32.4 Å². The summed E-state index contributed by atoms with van der Waals surface area (Å²) >= 11 is 18.2. The van der Waals surface area contributed by atoms with Gasteiger partial charge in [-0.1, -0.05) is 40.9 Å². The van der Waals surface area contributed by atoms with Gasteiger partial charge in [0.15, 0.2) is 0 Å². The predicted molar refractivity (Wildman–Crippen MR) is 140 cm³/mol. The Morgan fingerprint density at radius 2 is 1.74 bits per heavy atom. The maximum absolute atomic E-state index is 13.1. The summed E-state index contributed by atoms with van der Waals surface area (Å²) in [5.74, 6) is -0.224. The van der Waals surface area contributed by atoms with Gasteiger partial charge in [-0.3, -0.25) is 13.9 Å². The van der Waals surface area contributed by atoms with Crippen molar-refractivity contribution in [2.75, 3.05) is 31.3 Å². The Hall–Kier alpha value is -2.20. The number of hydrogen-bond acceptors (Lipinski definition) is 5. The van der Waals surface area contributed by atoms with Crippen molar-refractivity contribution in [3.05, 3.63) is 57.0 Å². The van der Waals surface area contributed by atoms with Crippen LogP contribution in [0.15, 0.2) is 36.4 Å². The van der Waals surface area contributed by atoms with E-state index in [1.165, 1.54) is 29.4 Å². The summed E-state index contributed by atoms with van der Waals surface area (Å²) in [4.78, 5) is 26.9. The third kappa shape index (κ3) is 7.90. The summed E-state index contributed by atoms with van der Waals surface area (Å²) in [7, 11) is -0.693. The lowest BCUT2D eigenvalue weighted by molar-refractivity contribution is -0.140. The third-order valence-corrected chi connectivity index (χ3v) is 7.55. The van der Waals surface area contributed by atoms with Crippen LogP contribution in [0.4, 0.5) is 5.69 Å². The van der Waals surface area contributed by atoms with Gasteiger partial charge in [0.05, 0.1) is 34.1 Å². The average Bonchev–Trinajstić information content (AvgIpc) is 2.80. The molecule has 0 heterocycles. The number of sulfonamides is 1. The molecule has 0 unspecified atom stereocenters. The molecule has 0 aliphatic carbocycles. The Bertz CT molecular complexity index is 1180. The molecule has 0 aromatic heterocycles. The second-order valence-electron chi connectivity index (χ2n) is 7.82. The van der Waals surface area contributed by atoms with E-state index in [-0.39, 0.29) is 42.8 Å². The van der Waals surface area contributed by atoms with Gasteiger partial charge in [0.25, 0.3) is 0 Å². The largest absolute Gasteiger partial charge is 0.495 e. The van der Waals surface area contributed by atoms with Crippen LogP contribution in [-0.2, 0) is 26.2 Å². The lowest BCUT2D eigenvalue weighted by Gasteiger charge is -2.29. The number of benzene rings is 2. The Kier molecular flexibility index (Phi) is 10.5. The summed E-state index contributed by atoms with van der Waals surface area (Å²) in [5.41, 5.74) is 1.06. The zero-order valence-electron chi connectivity index (χ0n) is 19.8. The minimum Gasteiger partial charge on any atom is -0.495 e. The smallest absolute Gasteiger partial charge is 0.242 e. The quantitative estimate of drug-likeness (QED) is 0.437. The fraction of sp³-hybridized carbons (Fsp3) is 0.391. The van der Waals surface area contributed by atoms with Crippen molar-refractivity contribution < 1.29 is 22.7 Å². The number of ether oxygens (including phenoxy) is 1. The monoisotopic (exact) mass is 563 g/mol. The van der Waals surface area contributed by atoms with Crippen molar-refractivity contribution in [2.24, 2.45) is 0 Å². The normalized spacial score (nSPS) is 12.1. The first-order valence-electron chi connectivity index (χ1n) is 10.6. The first-order valence-corrected chi connectivity index (χ1v) is 13.6. The molecule has 12 heteroatoms. The van der Waals surface area contributed by atoms with E-state index in [0.29, 0.717) is 27.0 Å². The van der Waals surface area contributed by atoms with E-state index in [9.17, 15) is 18.0 Å². The molecule has 0 saturated heterocycles. The number of anilines is 1. The van der Waals surface area contributed by atoms with E-state index in [1.54, 1.807) is 37.3 Å². The first-order chi connectivity index (χ1) is 16.4. The number of nitrogens with one attached hydrogen (secondary N) is 1. The van der Waals surface area contributed by atoms with Gasteiger partial charge in [-0.05, 0) is 49.2 Å². The molecule has 0 radical (unpaired) electrons. The number of carbonyl (C=O) groups excluding carboxylic acids is 2. The Morgan fingerprint density at radius 3 is 2.29 bits per heavy atom. The molecular formula is C23H28Cl3N3O5S. The van der Waals surface area contributed by atoms with Gasteiger partial charge in [-0.15, -0.1) is 0 Å². The molecule has 2 rings (SSSR count). The van der Waals surface area contributed by atoms with Crippen LogP contribution in [0.5, 0.6) is 5.75 Å². The number of carbonyl (C=O) groups is 2. The number of amides is 2. The third-order valence-electron chi connectivity index (χ3n) is 5.33. The van der Waals surface area contributed by atoms with E-state index >= 15 is 0 Å². The van der Waals surface area contributed by atoms with Crippen LogP contribution in [-0.4, -0.2) is 58.1 Å². The fourth-order valence-electron chi connectivity index (χ4n) is 3.44. The molecule has 0 aliphatic rings. The van der Waals surface area contributed by atoms with Crippen molar-refractivity contribution in [3.63, 3.8) is 0 Å². The number of likely N-dealkylation sites (N-methyl/N-ethyl adjacent to an activating group) is 1. The molecule has 0 saturated carbocycles. The van der Waals surface area contributed by atoms with Gasteiger partial charge in [-0.2, -0.15) is 0 Å². The molecule has 0 spiro atoms. The van der Waals surface area contributed by atoms with Gasteiger partial charge >= 0.3 is 0 Å². The predicted octanol–water partition coefficient (Wildman–Crippen LogP) is 4.36. The van der Waals surface area contributed by atoms with E-state index < -0.39 is 16.1 Å². The van der Waals surface area contributed by atoms with Crippen molar-refractivity contribution >= 4 is 62.3 Å². The zero-order valence-corrected chi connectivity index (χ0v) is 22.9. The summed E-state index contributed by atoms with van der Waals surface area (Å²) in [5, 5.41) is 3.53. The second-order valence-corrected chi connectivity index (χ2v) is 10.9. The SMILES string of the molecule is CNC(=O)[C@@H](C)N(Cc1ccc(Cl)c(Cl)c1)C(=O)CCCN(c1ccc(OC)c(Cl)c1)S(C)(=O)=O. The number of methoxy groups -OCH3 is 1. The molecule has 2 aromatic carbocycles. The van der Waals surface area contributed by atoms with Gasteiger partial charge in [-0.25, -0.2) is 8.42 Å². The number of halogens is 3. The van der Waals surface area contributed by atoms with Crippen LogP contribution in [0.25, 0.3) is 0 Å². The molecule has 0 fully saturated rings. The van der Waals surface area contributed by atoms with Gasteiger partial charge < -0.3 is 15.0 Å². The highest BCUT2D eigenvalue weighted by atomic mass is 35.5. The molecule has 1 atom stereocenters. The maximum atomic E-state index is 13.1. The van der Waals surface area contributed by atoms with Crippen molar-refractivity contribution in [1.82, 2.24) is 10.2 Å². The molecule has 0 aliphatic heterocycles. The number of hydrogen-bond donors (Lipinski definition) is 1. The van der Waals surface area contributed by atoms with Crippen molar-refractivity contribution in [1.29, 1.82) is 0 Å². The zero-order chi connectivity index (χ0) is 26.3. The summed E-state index contributed by atoms with van der Waals surface area (Å²) in [6.07, 6.45) is 1.31. The summed E-state index contributed by atoms with van der Waals surface area (Å²) in [6, 6.07) is 8.88. The second kappa shape index (κ2) is 12.7. The van der Waals surface area contributed by atoms with Crippen LogP contribution in [0.2, 0.25) is 15.1 Å². The van der Waals surface area contributed by atoms with Gasteiger partial charge in [0.1, 0.15) is 11.8 Å². The van der Waals surface area contributed by atoms with Crippen LogP contribution in [0.1, 0.15) is 25.3 Å². The van der Waals surface area contributed by atoms with Crippen LogP contribution in [0.3, 0.4) is 0 Å². The minimum atomic E-state index is -3.65. The molecule has 8 nitrogen and oxygen atoms in total. The topological polar surface area (TPSA) is 96.0 Å². The number of nitrogens with zero attached hydrogens (tertiary/aromatic N) is 2. The van der Waals surface area contributed by atoms with Crippen molar-refractivity contribution in [3.8, 4) is 5.75 Å². The molecule has 35 heavy (non-hydrogen) atoms. The number of rotatable bonds is 11. The van der Waals surface area contributed by atoms with Crippen LogP contribution in [0, 0.1) is 0 Å². The maximum Gasteiger partial charge on any atom is 0.242 e. The highest BCUT2D eigenvalue weighted by molar-refractivity contribution is 7.92. The van der Waals surface area contributed by atoms with Gasteiger partial charge in [0.2, 0.25) is 21.8 Å². The molecular weight excluding hydrogens is 537 g/mol. The Balaban J connectivity index is 2.19. The van der Waals surface area contributed by atoms with E-state index in [0.717, 1.165) is 6.26 Å². The fourth-order valence-corrected chi connectivity index (χ4v) is 4.97. The molecule has 192 valence electrons. The highest BCUT2D eigenvalue weighted by Gasteiger charge is 2.26. The van der Waals surface area contributed by atoms with Crippen LogP contribution < -0.4 is 14.4 Å². The first kappa shape index (κ1) is 29.0. The Labute approximate surface area is 221 Å². The highest BCUT2D eigenvalue weighted by Crippen LogP contribution is 2.30. The average molecular weight is 565 g/mol. The molecule has 1 N–H and O–H groups in total. The minimum absolute atomic E-state index is 0.0125. The van der Waals surface area contributed by atoms with E-state index in [2.05, 4.69) is 5.32 Å². The van der Waals surface area contributed by atoms with E-state index in [4.69, 9.17) is 39.5 Å². The lowest BCUT2D eigenvalue weighted by Crippen LogP contribution is -2.46. The molecule has 2 aromatic rings. The lowest BCUT2D eigenvalue weighted by atomic mass is 10.1. The molecule has 2 amide bonds. The standard InChI is InChI=1S/C23H28Cl3N3O5S/c1-15(23(31)27-2)28(14-16-7-9-18(24)19(25)12-16)22(30)6-5-11-29(35(4,32)33)17-8-10-21(34-3)20(26)13-17/h7-10,12-13,15H,5-6,11,14H2,1-4H3,(H,27,31)/t15-/m1/s1. The summed E-state index contributed by atoms with van der Waals surface area (Å²) in [6.45, 7) is 1.80. The van der Waals surface area contributed by atoms with E-state index in [1.807, 2.05) is 0 Å². The summed E-state index contributed by atoms with van der Waals surface area (Å²) < 4.78 is 31.1. The van der Waals surface area contributed by atoms with Gasteiger partial charge in [0, 0.05) is 26.6 Å². The van der Waals surface area contributed by atoms with Crippen LogP contribution >= 0.6 is 34.8 Å². The Morgan fingerprint density at radius 1 is 1.06 bits per heavy atom.